The van der Waals surface area contributed by atoms with Gasteiger partial charge in [0.1, 0.15) is 18.0 Å². The molecule has 288 valence electrons. The van der Waals surface area contributed by atoms with Crippen molar-refractivity contribution in [1.29, 1.82) is 0 Å². The number of anilines is 2. The van der Waals surface area contributed by atoms with Crippen molar-refractivity contribution in [2.75, 3.05) is 36.8 Å². The van der Waals surface area contributed by atoms with Crippen LogP contribution in [0, 0.1) is 11.7 Å². The smallest absolute Gasteiger partial charge is 0.255 e. The molecule has 16 heteroatoms. The molecule has 3 N–H and O–H groups in total. The van der Waals surface area contributed by atoms with Crippen molar-refractivity contribution in [3.05, 3.63) is 96.0 Å². The first-order valence-electron chi connectivity index (χ1n) is 19.0. The standard InChI is InChI=1S/C40H42FN11O4/c1-24(33-16-29(41)2-5-34(33)52-44-10-11-45-52)56-36-15-26(17-43-38(36)42)28-18-46-50(20-28)19-25-8-12-48(13-9-25)31-22-49(23-31)30-3-4-32-27(14-30)21-51(40(32)55)35-6-7-37(53)47-39(35)54/h2-5,10-11,14-18,20,24-25,31,35H,6-9,12-13,19,21-23H2,1H3,(H2,42,43)(H,47,53,54)/t24-,35?/m0/s1. The summed E-state index contributed by atoms with van der Waals surface area (Å²) in [6.45, 7) is 6.94. The highest BCUT2D eigenvalue weighted by Crippen LogP contribution is 2.35. The number of fused-ring (bicyclic) bond motifs is 1. The molecular formula is C40H42FN11O4. The van der Waals surface area contributed by atoms with Gasteiger partial charge in [-0.1, -0.05) is 0 Å². The molecule has 3 amide bonds. The van der Waals surface area contributed by atoms with Crippen LogP contribution in [-0.4, -0.2) is 95.5 Å². The van der Waals surface area contributed by atoms with Gasteiger partial charge >= 0.3 is 0 Å². The highest BCUT2D eigenvalue weighted by atomic mass is 19.1. The van der Waals surface area contributed by atoms with Gasteiger partial charge in [0.2, 0.25) is 11.8 Å². The molecule has 3 saturated heterocycles. The average molecular weight is 760 g/mol. The summed E-state index contributed by atoms with van der Waals surface area (Å²) in [7, 11) is 0. The molecule has 4 aliphatic rings. The van der Waals surface area contributed by atoms with Crippen LogP contribution in [0.4, 0.5) is 15.9 Å². The molecule has 0 spiro atoms. The summed E-state index contributed by atoms with van der Waals surface area (Å²) in [4.78, 5) is 49.5. The van der Waals surface area contributed by atoms with Gasteiger partial charge < -0.3 is 20.3 Å². The van der Waals surface area contributed by atoms with Gasteiger partial charge in [-0.25, -0.2) is 9.37 Å². The summed E-state index contributed by atoms with van der Waals surface area (Å²) < 4.78 is 22.5. The highest BCUT2D eigenvalue weighted by Gasteiger charge is 2.40. The van der Waals surface area contributed by atoms with E-state index in [1.165, 1.54) is 16.9 Å². The van der Waals surface area contributed by atoms with Crippen LogP contribution < -0.4 is 20.7 Å². The Labute approximate surface area is 322 Å². The molecule has 0 bridgehead atoms. The summed E-state index contributed by atoms with van der Waals surface area (Å²) in [5.74, 6) is -0.0989. The summed E-state index contributed by atoms with van der Waals surface area (Å²) in [5, 5.41) is 15.4. The number of hydrogen-bond donors (Lipinski definition) is 2. The minimum Gasteiger partial charge on any atom is -0.482 e. The minimum absolute atomic E-state index is 0.147. The second kappa shape index (κ2) is 14.5. The number of nitrogens with two attached hydrogens (primary N) is 1. The summed E-state index contributed by atoms with van der Waals surface area (Å²) in [5.41, 5.74) is 11.8. The number of piperidine rings is 2. The van der Waals surface area contributed by atoms with Crippen molar-refractivity contribution in [1.82, 2.24) is 44.9 Å². The molecule has 0 aliphatic carbocycles. The molecule has 1 unspecified atom stereocenters. The third kappa shape index (κ3) is 6.84. The normalized spacial score (nSPS) is 19.9. The largest absolute Gasteiger partial charge is 0.482 e. The number of benzene rings is 2. The number of pyridine rings is 1. The number of amides is 3. The van der Waals surface area contributed by atoms with E-state index >= 15 is 0 Å². The maximum atomic E-state index is 14.3. The van der Waals surface area contributed by atoms with Crippen LogP contribution >= 0.6 is 0 Å². The lowest BCUT2D eigenvalue weighted by Gasteiger charge is -2.48. The quantitative estimate of drug-likeness (QED) is 0.199. The predicted octanol–water partition coefficient (Wildman–Crippen LogP) is 3.75. The maximum Gasteiger partial charge on any atom is 0.255 e. The van der Waals surface area contributed by atoms with Gasteiger partial charge in [0, 0.05) is 79.0 Å². The molecule has 4 aliphatic heterocycles. The number of nitrogens with zero attached hydrogens (tertiary/aromatic N) is 9. The summed E-state index contributed by atoms with van der Waals surface area (Å²) in [6, 6.07) is 12.1. The number of halogens is 1. The second-order valence-corrected chi connectivity index (χ2v) is 15.1. The van der Waals surface area contributed by atoms with E-state index in [-0.39, 0.29) is 24.1 Å². The molecule has 0 saturated carbocycles. The average Bonchev–Trinajstić information content (AvgIpc) is 3.94. The fourth-order valence-corrected chi connectivity index (χ4v) is 8.37. The van der Waals surface area contributed by atoms with Gasteiger partial charge in [0.15, 0.2) is 11.6 Å². The van der Waals surface area contributed by atoms with Crippen LogP contribution in [0.5, 0.6) is 5.75 Å². The van der Waals surface area contributed by atoms with Crippen LogP contribution in [0.2, 0.25) is 0 Å². The predicted molar refractivity (Wildman–Crippen MR) is 203 cm³/mol. The zero-order valence-corrected chi connectivity index (χ0v) is 30.9. The van der Waals surface area contributed by atoms with E-state index < -0.39 is 23.9 Å². The third-order valence-electron chi connectivity index (χ3n) is 11.6. The van der Waals surface area contributed by atoms with Gasteiger partial charge in [-0.05, 0) is 93.2 Å². The van der Waals surface area contributed by atoms with Crippen LogP contribution in [0.25, 0.3) is 16.8 Å². The van der Waals surface area contributed by atoms with E-state index in [0.717, 1.165) is 67.9 Å². The van der Waals surface area contributed by atoms with Gasteiger partial charge in [-0.2, -0.15) is 20.1 Å². The number of nitrogen functional groups attached to an aromatic ring is 1. The number of carbonyl (C=O) groups is 3. The van der Waals surface area contributed by atoms with Gasteiger partial charge in [-0.15, -0.1) is 0 Å². The number of imide groups is 1. The first-order valence-corrected chi connectivity index (χ1v) is 19.0. The van der Waals surface area contributed by atoms with Gasteiger partial charge in [-0.3, -0.25) is 29.3 Å². The molecule has 3 fully saturated rings. The number of aromatic nitrogens is 6. The van der Waals surface area contributed by atoms with Crippen molar-refractivity contribution in [3.63, 3.8) is 0 Å². The zero-order valence-electron chi connectivity index (χ0n) is 30.9. The molecule has 9 rings (SSSR count). The molecule has 15 nitrogen and oxygen atoms in total. The Morgan fingerprint density at radius 2 is 1.77 bits per heavy atom. The maximum absolute atomic E-state index is 14.3. The molecule has 5 aromatic rings. The number of rotatable bonds is 10. The molecule has 2 atom stereocenters. The Kier molecular flexibility index (Phi) is 9.19. The summed E-state index contributed by atoms with van der Waals surface area (Å²) in [6.07, 6.45) is 10.9. The first-order chi connectivity index (χ1) is 27.2. The van der Waals surface area contributed by atoms with Crippen LogP contribution in [-0.2, 0) is 22.7 Å². The van der Waals surface area contributed by atoms with Crippen molar-refractivity contribution in [2.45, 2.75) is 63.9 Å². The fraction of sp³-hybridized carbons (Fsp3) is 0.375. The van der Waals surface area contributed by atoms with Gasteiger partial charge in [0.05, 0.1) is 24.3 Å². The molecule has 3 aromatic heterocycles. The highest BCUT2D eigenvalue weighted by molar-refractivity contribution is 6.05. The number of nitrogens with one attached hydrogen (secondary N) is 1. The number of likely N-dealkylation sites (tertiary alicyclic amines) is 1. The Hall–Kier alpha value is -6.16. The lowest BCUT2D eigenvalue weighted by atomic mass is 9.94. The molecule has 56 heavy (non-hydrogen) atoms. The monoisotopic (exact) mass is 759 g/mol. The lowest BCUT2D eigenvalue weighted by molar-refractivity contribution is -0.136. The Morgan fingerprint density at radius 3 is 2.55 bits per heavy atom. The van der Waals surface area contributed by atoms with E-state index in [0.29, 0.717) is 47.5 Å². The van der Waals surface area contributed by atoms with E-state index in [4.69, 9.17) is 10.5 Å². The van der Waals surface area contributed by atoms with E-state index in [2.05, 4.69) is 41.5 Å². The Bertz CT molecular complexity index is 2300. The number of carbonyl (C=O) groups excluding carboxylic acids is 3. The SMILES string of the molecule is C[C@H](Oc1cc(-c2cnn(CC3CCN(C4CN(c5ccc6c(c5)CN(C5CCC(=O)NC5=O)C6=O)C4)CC3)c2)cnc1N)c1cc(F)ccc1-n1nccn1. The third-order valence-corrected chi connectivity index (χ3v) is 11.6. The Morgan fingerprint density at radius 1 is 0.964 bits per heavy atom. The minimum atomic E-state index is -0.608. The molecule has 0 radical (unpaired) electrons. The lowest BCUT2D eigenvalue weighted by Crippen LogP contribution is -2.61. The van der Waals surface area contributed by atoms with E-state index in [1.54, 1.807) is 29.6 Å². The van der Waals surface area contributed by atoms with Crippen LogP contribution in [0.15, 0.2) is 73.4 Å². The molecule has 2 aromatic carbocycles. The zero-order chi connectivity index (χ0) is 38.5. The van der Waals surface area contributed by atoms with Crippen molar-refractivity contribution < 1.29 is 23.5 Å². The molecule has 7 heterocycles. The second-order valence-electron chi connectivity index (χ2n) is 15.1. The Balaban J connectivity index is 0.770. The summed E-state index contributed by atoms with van der Waals surface area (Å²) >= 11 is 0. The van der Waals surface area contributed by atoms with Crippen molar-refractivity contribution >= 4 is 29.2 Å². The van der Waals surface area contributed by atoms with Crippen LogP contribution in [0.3, 0.4) is 0 Å². The van der Waals surface area contributed by atoms with Crippen molar-refractivity contribution in [2.24, 2.45) is 5.92 Å². The van der Waals surface area contributed by atoms with E-state index in [1.807, 2.05) is 42.2 Å². The van der Waals surface area contributed by atoms with Gasteiger partial charge in [0.25, 0.3) is 5.91 Å². The molecular weight excluding hydrogens is 718 g/mol. The van der Waals surface area contributed by atoms with E-state index in [9.17, 15) is 18.8 Å². The number of hydrogen-bond acceptors (Lipinski definition) is 11. The topological polar surface area (TPSA) is 170 Å². The van der Waals surface area contributed by atoms with Crippen molar-refractivity contribution in [3.8, 4) is 22.6 Å². The fourth-order valence-electron chi connectivity index (χ4n) is 8.37. The first kappa shape index (κ1) is 35.5. The number of ether oxygens (including phenoxy) is 1. The van der Waals surface area contributed by atoms with Crippen LogP contribution in [0.1, 0.15) is 60.2 Å².